The second-order valence-corrected chi connectivity index (χ2v) is 3.93. The summed E-state index contributed by atoms with van der Waals surface area (Å²) in [7, 11) is 0. The number of hydrogen-bond acceptors (Lipinski definition) is 6. The average Bonchev–Trinajstić information content (AvgIpc) is 2.44. The zero-order valence-electron chi connectivity index (χ0n) is 11.0. The van der Waals surface area contributed by atoms with Crippen LogP contribution in [0.2, 0.25) is 0 Å². The molecule has 0 saturated carbocycles. The van der Waals surface area contributed by atoms with E-state index in [1.807, 2.05) is 0 Å². The van der Waals surface area contributed by atoms with Crippen molar-refractivity contribution in [2.24, 2.45) is 0 Å². The number of pyridine rings is 1. The van der Waals surface area contributed by atoms with E-state index in [9.17, 15) is 19.5 Å². The summed E-state index contributed by atoms with van der Waals surface area (Å²) >= 11 is 0. The van der Waals surface area contributed by atoms with E-state index in [4.69, 9.17) is 4.74 Å². The van der Waals surface area contributed by atoms with Crippen LogP contribution in [0.1, 0.15) is 30.1 Å². The van der Waals surface area contributed by atoms with Crippen LogP contribution in [0.5, 0.6) is 0 Å². The standard InChI is InChI=1S/C13H16N2O5/c1-2-20-13(19)10(5-6-11(16)17)15-12(18)9-4-3-7-14-8-9/h3-4,7-8,10H,2,5-6H2,1H3,(H,15,18)(H,16,17)/p-1/t10-/m0/s1. The fourth-order valence-corrected chi connectivity index (χ4v) is 1.49. The number of nitrogens with zero attached hydrogens (tertiary/aromatic N) is 1. The third-order valence-electron chi connectivity index (χ3n) is 2.44. The van der Waals surface area contributed by atoms with Crippen molar-refractivity contribution in [3.05, 3.63) is 30.1 Å². The lowest BCUT2D eigenvalue weighted by Crippen LogP contribution is -2.42. The summed E-state index contributed by atoms with van der Waals surface area (Å²) in [4.78, 5) is 37.8. The number of ether oxygens (including phenoxy) is 1. The van der Waals surface area contributed by atoms with E-state index < -0.39 is 23.9 Å². The second-order valence-electron chi connectivity index (χ2n) is 3.93. The van der Waals surface area contributed by atoms with Crippen LogP contribution in [0.3, 0.4) is 0 Å². The molecule has 0 bridgehead atoms. The number of aliphatic carboxylic acids is 1. The van der Waals surface area contributed by atoms with E-state index in [0.717, 1.165) is 0 Å². The average molecular weight is 279 g/mol. The lowest BCUT2D eigenvalue weighted by molar-refractivity contribution is -0.305. The van der Waals surface area contributed by atoms with Gasteiger partial charge in [-0.15, -0.1) is 0 Å². The first-order valence-electron chi connectivity index (χ1n) is 6.12. The molecule has 1 aromatic rings. The maximum absolute atomic E-state index is 11.9. The number of carboxylic acids is 1. The molecular formula is C13H15N2O5-. The summed E-state index contributed by atoms with van der Waals surface area (Å²) in [6, 6.07) is 2.08. The van der Waals surface area contributed by atoms with E-state index >= 15 is 0 Å². The van der Waals surface area contributed by atoms with Gasteiger partial charge >= 0.3 is 5.97 Å². The highest BCUT2D eigenvalue weighted by Gasteiger charge is 2.22. The Balaban J connectivity index is 2.70. The van der Waals surface area contributed by atoms with E-state index in [-0.39, 0.29) is 25.0 Å². The molecule has 1 rings (SSSR count). The Hall–Kier alpha value is -2.44. The molecule has 0 radical (unpaired) electrons. The van der Waals surface area contributed by atoms with Crippen molar-refractivity contribution in [2.45, 2.75) is 25.8 Å². The zero-order chi connectivity index (χ0) is 15.0. The van der Waals surface area contributed by atoms with Crippen molar-refractivity contribution in [1.29, 1.82) is 0 Å². The highest BCUT2D eigenvalue weighted by atomic mass is 16.5. The van der Waals surface area contributed by atoms with E-state index in [1.54, 1.807) is 13.0 Å². The van der Waals surface area contributed by atoms with E-state index in [0.29, 0.717) is 0 Å². The number of nitrogens with one attached hydrogen (secondary N) is 1. The van der Waals surface area contributed by atoms with Gasteiger partial charge in [0.2, 0.25) is 0 Å². The SMILES string of the molecule is CCOC(=O)[C@H](CCC(=O)[O-])NC(=O)c1cccnc1. The quantitative estimate of drug-likeness (QED) is 0.659. The van der Waals surface area contributed by atoms with Gasteiger partial charge in [-0.1, -0.05) is 0 Å². The number of carbonyl (C=O) groups excluding carboxylic acids is 3. The van der Waals surface area contributed by atoms with Gasteiger partial charge in [0, 0.05) is 18.4 Å². The minimum Gasteiger partial charge on any atom is -0.550 e. The lowest BCUT2D eigenvalue weighted by atomic mass is 10.1. The predicted molar refractivity (Wildman–Crippen MR) is 66.4 cm³/mol. The molecule has 1 heterocycles. The molecule has 0 unspecified atom stereocenters. The second kappa shape index (κ2) is 7.88. The molecule has 20 heavy (non-hydrogen) atoms. The topological polar surface area (TPSA) is 108 Å². The van der Waals surface area contributed by atoms with Gasteiger partial charge in [-0.25, -0.2) is 4.79 Å². The Kier molecular flexibility index (Phi) is 6.15. The van der Waals surface area contributed by atoms with Gasteiger partial charge in [-0.05, 0) is 31.9 Å². The number of carboxylic acid groups (broad SMARTS) is 1. The molecule has 7 heteroatoms. The Morgan fingerprint density at radius 1 is 1.45 bits per heavy atom. The Morgan fingerprint density at radius 3 is 2.75 bits per heavy atom. The van der Waals surface area contributed by atoms with Crippen LogP contribution in [0.25, 0.3) is 0 Å². The number of carbonyl (C=O) groups is 3. The third-order valence-corrected chi connectivity index (χ3v) is 2.44. The Bertz CT molecular complexity index is 475. The molecule has 1 aromatic heterocycles. The predicted octanol–water partition coefficient (Wildman–Crippen LogP) is -0.727. The summed E-state index contributed by atoms with van der Waals surface area (Å²) in [5, 5.41) is 12.9. The molecule has 0 aliphatic rings. The van der Waals surface area contributed by atoms with Crippen LogP contribution in [0.4, 0.5) is 0 Å². The highest BCUT2D eigenvalue weighted by Crippen LogP contribution is 2.03. The van der Waals surface area contributed by atoms with Gasteiger partial charge in [0.05, 0.1) is 12.2 Å². The van der Waals surface area contributed by atoms with Crippen molar-refractivity contribution in [3.63, 3.8) is 0 Å². The number of aromatic nitrogens is 1. The lowest BCUT2D eigenvalue weighted by Gasteiger charge is -2.17. The monoisotopic (exact) mass is 279 g/mol. The third kappa shape index (κ3) is 5.05. The van der Waals surface area contributed by atoms with Gasteiger partial charge < -0.3 is 20.0 Å². The van der Waals surface area contributed by atoms with Crippen molar-refractivity contribution >= 4 is 17.8 Å². The van der Waals surface area contributed by atoms with Crippen LogP contribution >= 0.6 is 0 Å². The number of rotatable bonds is 7. The number of esters is 1. The molecule has 1 N–H and O–H groups in total. The highest BCUT2D eigenvalue weighted by molar-refractivity contribution is 5.96. The molecular weight excluding hydrogens is 264 g/mol. The molecule has 1 amide bonds. The summed E-state index contributed by atoms with van der Waals surface area (Å²) in [6.07, 6.45) is 2.41. The number of amides is 1. The van der Waals surface area contributed by atoms with Crippen LogP contribution in [-0.2, 0) is 14.3 Å². The molecule has 0 spiro atoms. The number of hydrogen-bond donors (Lipinski definition) is 1. The summed E-state index contributed by atoms with van der Waals surface area (Å²) in [5.41, 5.74) is 0.273. The van der Waals surface area contributed by atoms with E-state index in [2.05, 4.69) is 10.3 Å². The Labute approximate surface area is 116 Å². The molecule has 1 atom stereocenters. The van der Waals surface area contributed by atoms with Crippen LogP contribution in [-0.4, -0.2) is 35.5 Å². The maximum atomic E-state index is 11.9. The van der Waals surface area contributed by atoms with Gasteiger partial charge in [0.15, 0.2) is 0 Å². The first kappa shape index (κ1) is 15.6. The van der Waals surface area contributed by atoms with Crippen molar-refractivity contribution < 1.29 is 24.2 Å². The van der Waals surface area contributed by atoms with Crippen LogP contribution < -0.4 is 10.4 Å². The molecule has 0 aliphatic heterocycles. The zero-order valence-corrected chi connectivity index (χ0v) is 11.0. The molecule has 0 fully saturated rings. The molecule has 0 aliphatic carbocycles. The van der Waals surface area contributed by atoms with Gasteiger partial charge in [-0.2, -0.15) is 0 Å². The van der Waals surface area contributed by atoms with Crippen molar-refractivity contribution in [3.8, 4) is 0 Å². The summed E-state index contributed by atoms with van der Waals surface area (Å²) < 4.78 is 4.79. The first-order chi connectivity index (χ1) is 9.54. The fourth-order valence-electron chi connectivity index (χ4n) is 1.49. The molecule has 7 nitrogen and oxygen atoms in total. The van der Waals surface area contributed by atoms with Crippen LogP contribution in [0.15, 0.2) is 24.5 Å². The van der Waals surface area contributed by atoms with Gasteiger partial charge in [0.25, 0.3) is 5.91 Å². The largest absolute Gasteiger partial charge is 0.550 e. The smallest absolute Gasteiger partial charge is 0.328 e. The Morgan fingerprint density at radius 2 is 2.20 bits per heavy atom. The summed E-state index contributed by atoms with van der Waals surface area (Å²) in [6.45, 7) is 1.76. The molecule has 0 saturated heterocycles. The maximum Gasteiger partial charge on any atom is 0.328 e. The fraction of sp³-hybridized carbons (Fsp3) is 0.385. The normalized spacial score (nSPS) is 11.4. The molecule has 108 valence electrons. The van der Waals surface area contributed by atoms with Crippen molar-refractivity contribution in [2.75, 3.05) is 6.61 Å². The minimum absolute atomic E-state index is 0.0901. The van der Waals surface area contributed by atoms with E-state index in [1.165, 1.54) is 18.5 Å². The minimum atomic E-state index is -1.30. The first-order valence-corrected chi connectivity index (χ1v) is 6.12. The van der Waals surface area contributed by atoms with Gasteiger partial charge in [0.1, 0.15) is 6.04 Å². The molecule has 0 aromatic carbocycles. The van der Waals surface area contributed by atoms with Gasteiger partial charge in [-0.3, -0.25) is 9.78 Å². The summed E-state index contributed by atoms with van der Waals surface area (Å²) in [5.74, 6) is -2.49. The van der Waals surface area contributed by atoms with Crippen LogP contribution in [0, 0.1) is 0 Å². The van der Waals surface area contributed by atoms with Crippen molar-refractivity contribution in [1.82, 2.24) is 10.3 Å².